The van der Waals surface area contributed by atoms with E-state index in [-0.39, 0.29) is 29.8 Å². The number of piperazine rings is 1. The van der Waals surface area contributed by atoms with E-state index in [9.17, 15) is 14.4 Å². The zero-order valence-electron chi connectivity index (χ0n) is 14.5. The standard InChI is InChI=1S/C17H28N4O3/c1-2-14-15(22)18-7-12-21(14)16(23)13-5-10-20(11-6-13)17(24)19-8-3-4-9-19/h13-14H,2-12H2,1H3,(H,18,22). The molecule has 0 aromatic carbocycles. The number of urea groups is 1. The summed E-state index contributed by atoms with van der Waals surface area (Å²) in [5, 5.41) is 2.83. The van der Waals surface area contributed by atoms with Crippen LogP contribution in [-0.4, -0.2) is 77.9 Å². The quantitative estimate of drug-likeness (QED) is 0.805. The van der Waals surface area contributed by atoms with Crippen LogP contribution < -0.4 is 5.32 Å². The van der Waals surface area contributed by atoms with Crippen LogP contribution in [0.1, 0.15) is 39.0 Å². The van der Waals surface area contributed by atoms with Crippen LogP contribution in [0.4, 0.5) is 4.79 Å². The third-order valence-electron chi connectivity index (χ3n) is 5.49. The average Bonchev–Trinajstić information content (AvgIpc) is 3.15. The summed E-state index contributed by atoms with van der Waals surface area (Å²) in [5.41, 5.74) is 0. The first-order valence-corrected chi connectivity index (χ1v) is 9.24. The molecule has 4 amide bonds. The number of hydrogen-bond donors (Lipinski definition) is 1. The van der Waals surface area contributed by atoms with Gasteiger partial charge in [0.2, 0.25) is 11.8 Å². The smallest absolute Gasteiger partial charge is 0.319 e. The number of piperidine rings is 1. The van der Waals surface area contributed by atoms with E-state index < -0.39 is 0 Å². The van der Waals surface area contributed by atoms with Crippen molar-refractivity contribution in [2.24, 2.45) is 5.92 Å². The molecule has 3 saturated heterocycles. The fraction of sp³-hybridized carbons (Fsp3) is 0.824. The Morgan fingerprint density at radius 2 is 1.67 bits per heavy atom. The van der Waals surface area contributed by atoms with Crippen LogP contribution in [0.3, 0.4) is 0 Å². The molecular weight excluding hydrogens is 308 g/mol. The van der Waals surface area contributed by atoms with Gasteiger partial charge in [-0.15, -0.1) is 0 Å². The van der Waals surface area contributed by atoms with Gasteiger partial charge in [-0.25, -0.2) is 4.79 Å². The number of carbonyl (C=O) groups excluding carboxylic acids is 3. The maximum Gasteiger partial charge on any atom is 0.319 e. The van der Waals surface area contributed by atoms with Crippen molar-refractivity contribution in [3.8, 4) is 0 Å². The normalized spacial score (nSPS) is 25.8. The maximum atomic E-state index is 12.8. The van der Waals surface area contributed by atoms with Gasteiger partial charge in [0.05, 0.1) is 0 Å². The maximum absolute atomic E-state index is 12.8. The Kier molecular flexibility index (Phi) is 5.26. The van der Waals surface area contributed by atoms with Gasteiger partial charge in [-0.2, -0.15) is 0 Å². The largest absolute Gasteiger partial charge is 0.353 e. The summed E-state index contributed by atoms with van der Waals surface area (Å²) in [5.74, 6) is -0.0173. The average molecular weight is 336 g/mol. The van der Waals surface area contributed by atoms with Crippen molar-refractivity contribution in [3.63, 3.8) is 0 Å². The lowest BCUT2D eigenvalue weighted by Gasteiger charge is -2.39. The zero-order chi connectivity index (χ0) is 17.1. The number of nitrogens with zero attached hydrogens (tertiary/aromatic N) is 3. The van der Waals surface area contributed by atoms with Gasteiger partial charge in [-0.05, 0) is 32.1 Å². The monoisotopic (exact) mass is 336 g/mol. The van der Waals surface area contributed by atoms with Crippen LogP contribution >= 0.6 is 0 Å². The van der Waals surface area contributed by atoms with Crippen molar-refractivity contribution >= 4 is 17.8 Å². The van der Waals surface area contributed by atoms with Crippen LogP contribution in [0.5, 0.6) is 0 Å². The van der Waals surface area contributed by atoms with E-state index in [1.807, 2.05) is 16.7 Å². The second kappa shape index (κ2) is 7.40. The molecule has 0 radical (unpaired) electrons. The molecule has 0 aromatic rings. The van der Waals surface area contributed by atoms with E-state index in [1.165, 1.54) is 0 Å². The van der Waals surface area contributed by atoms with Crippen molar-refractivity contribution in [3.05, 3.63) is 0 Å². The van der Waals surface area contributed by atoms with Crippen LogP contribution in [-0.2, 0) is 9.59 Å². The molecule has 1 atom stereocenters. The van der Waals surface area contributed by atoms with Gasteiger partial charge in [-0.1, -0.05) is 6.92 Å². The molecule has 3 aliphatic heterocycles. The molecule has 1 N–H and O–H groups in total. The molecule has 0 bridgehead atoms. The van der Waals surface area contributed by atoms with E-state index in [4.69, 9.17) is 0 Å². The predicted molar refractivity (Wildman–Crippen MR) is 89.3 cm³/mol. The van der Waals surface area contributed by atoms with Crippen LogP contribution in [0.2, 0.25) is 0 Å². The molecule has 0 saturated carbocycles. The zero-order valence-corrected chi connectivity index (χ0v) is 14.5. The Balaban J connectivity index is 1.54. The Labute approximate surface area is 143 Å². The topological polar surface area (TPSA) is 73.0 Å². The second-order valence-corrected chi connectivity index (χ2v) is 6.98. The van der Waals surface area contributed by atoms with Crippen molar-refractivity contribution in [1.82, 2.24) is 20.0 Å². The van der Waals surface area contributed by atoms with Gasteiger partial charge >= 0.3 is 6.03 Å². The lowest BCUT2D eigenvalue weighted by molar-refractivity contribution is -0.147. The summed E-state index contributed by atoms with van der Waals surface area (Å²) in [7, 11) is 0. The molecule has 7 heteroatoms. The highest BCUT2D eigenvalue weighted by molar-refractivity contribution is 5.89. The van der Waals surface area contributed by atoms with Crippen LogP contribution in [0.25, 0.3) is 0 Å². The van der Waals surface area contributed by atoms with Gasteiger partial charge in [0, 0.05) is 45.2 Å². The molecule has 1 unspecified atom stereocenters. The van der Waals surface area contributed by atoms with E-state index in [1.54, 1.807) is 4.90 Å². The molecule has 3 rings (SSSR count). The fourth-order valence-corrected chi connectivity index (χ4v) is 4.04. The second-order valence-electron chi connectivity index (χ2n) is 6.98. The van der Waals surface area contributed by atoms with Crippen molar-refractivity contribution in [2.75, 3.05) is 39.3 Å². The van der Waals surface area contributed by atoms with Crippen molar-refractivity contribution in [2.45, 2.75) is 45.1 Å². The van der Waals surface area contributed by atoms with E-state index >= 15 is 0 Å². The number of likely N-dealkylation sites (tertiary alicyclic amines) is 2. The van der Waals surface area contributed by atoms with Crippen molar-refractivity contribution < 1.29 is 14.4 Å². The number of rotatable bonds is 2. The number of amides is 4. The third kappa shape index (κ3) is 3.35. The first-order chi connectivity index (χ1) is 11.6. The highest BCUT2D eigenvalue weighted by Gasteiger charge is 2.37. The van der Waals surface area contributed by atoms with Gasteiger partial charge < -0.3 is 20.0 Å². The minimum Gasteiger partial charge on any atom is -0.353 e. The fourth-order valence-electron chi connectivity index (χ4n) is 4.04. The summed E-state index contributed by atoms with van der Waals surface area (Å²) in [6.45, 7) is 6.07. The minimum absolute atomic E-state index is 0.0428. The van der Waals surface area contributed by atoms with E-state index in [2.05, 4.69) is 5.32 Å². The first kappa shape index (κ1) is 17.0. The van der Waals surface area contributed by atoms with Gasteiger partial charge in [0.15, 0.2) is 0 Å². The molecule has 3 fully saturated rings. The molecule has 0 aliphatic carbocycles. The minimum atomic E-state index is -0.337. The molecule has 7 nitrogen and oxygen atoms in total. The predicted octanol–water partition coefficient (Wildman–Crippen LogP) is 0.651. The molecule has 3 aliphatic rings. The number of carbonyl (C=O) groups is 3. The Morgan fingerprint density at radius 1 is 1.04 bits per heavy atom. The lowest BCUT2D eigenvalue weighted by Crippen LogP contribution is -2.59. The molecular formula is C17H28N4O3. The SMILES string of the molecule is CCC1C(=O)NCCN1C(=O)C1CCN(C(=O)N2CCCC2)CC1. The summed E-state index contributed by atoms with van der Waals surface area (Å²) in [4.78, 5) is 42.8. The molecule has 0 aromatic heterocycles. The van der Waals surface area contributed by atoms with E-state index in [0.717, 1.165) is 25.9 Å². The summed E-state index contributed by atoms with van der Waals surface area (Å²) in [6.07, 6.45) is 4.23. The van der Waals surface area contributed by atoms with Crippen molar-refractivity contribution in [1.29, 1.82) is 0 Å². The summed E-state index contributed by atoms with van der Waals surface area (Å²) >= 11 is 0. The lowest BCUT2D eigenvalue weighted by atomic mass is 9.94. The first-order valence-electron chi connectivity index (χ1n) is 9.24. The molecule has 134 valence electrons. The number of nitrogens with one attached hydrogen (secondary N) is 1. The summed E-state index contributed by atoms with van der Waals surface area (Å²) < 4.78 is 0. The molecule has 24 heavy (non-hydrogen) atoms. The van der Waals surface area contributed by atoms with Crippen LogP contribution in [0.15, 0.2) is 0 Å². The molecule has 0 spiro atoms. The summed E-state index contributed by atoms with van der Waals surface area (Å²) in [6, 6.07) is -0.210. The van der Waals surface area contributed by atoms with Gasteiger partial charge in [0.25, 0.3) is 0 Å². The number of hydrogen-bond acceptors (Lipinski definition) is 3. The Hall–Kier alpha value is -1.79. The third-order valence-corrected chi connectivity index (χ3v) is 5.49. The molecule has 3 heterocycles. The Bertz CT molecular complexity index is 496. The highest BCUT2D eigenvalue weighted by atomic mass is 16.2. The highest BCUT2D eigenvalue weighted by Crippen LogP contribution is 2.23. The Morgan fingerprint density at radius 3 is 2.29 bits per heavy atom. The van der Waals surface area contributed by atoms with Gasteiger partial charge in [0.1, 0.15) is 6.04 Å². The van der Waals surface area contributed by atoms with Crippen LogP contribution in [0, 0.1) is 5.92 Å². The van der Waals surface area contributed by atoms with E-state index in [0.29, 0.717) is 45.4 Å². The van der Waals surface area contributed by atoms with Gasteiger partial charge in [-0.3, -0.25) is 9.59 Å².